The van der Waals surface area contributed by atoms with E-state index < -0.39 is 11.9 Å². The molecular formula is C13H12ClN5O. The zero-order chi connectivity index (χ0) is 14.3. The summed E-state index contributed by atoms with van der Waals surface area (Å²) in [4.78, 5) is 15.9. The van der Waals surface area contributed by atoms with E-state index in [1.807, 2.05) is 12.1 Å². The van der Waals surface area contributed by atoms with E-state index in [4.69, 9.17) is 17.3 Å². The Hall–Kier alpha value is -2.34. The van der Waals surface area contributed by atoms with Gasteiger partial charge in [0.1, 0.15) is 12.4 Å². The van der Waals surface area contributed by atoms with Crippen molar-refractivity contribution in [2.45, 2.75) is 13.0 Å². The van der Waals surface area contributed by atoms with Crippen LogP contribution in [0.4, 0.5) is 5.95 Å². The SMILES string of the molecule is CC1=C(C(N)=O)[C@H](c2ccc(Cl)cc2)n2ncnc2N1. The van der Waals surface area contributed by atoms with Crippen LogP contribution in [-0.2, 0) is 4.79 Å². The van der Waals surface area contributed by atoms with Gasteiger partial charge in [0, 0.05) is 10.7 Å². The lowest BCUT2D eigenvalue weighted by molar-refractivity contribution is -0.115. The highest BCUT2D eigenvalue weighted by Crippen LogP contribution is 2.34. The van der Waals surface area contributed by atoms with E-state index >= 15 is 0 Å². The monoisotopic (exact) mass is 289 g/mol. The van der Waals surface area contributed by atoms with Gasteiger partial charge in [0.25, 0.3) is 0 Å². The van der Waals surface area contributed by atoms with Crippen LogP contribution in [0, 0.1) is 0 Å². The number of primary amides is 1. The van der Waals surface area contributed by atoms with Gasteiger partial charge in [-0.2, -0.15) is 10.1 Å². The molecule has 1 aliphatic rings. The number of halogens is 1. The highest BCUT2D eigenvalue weighted by atomic mass is 35.5. The second kappa shape index (κ2) is 4.64. The van der Waals surface area contributed by atoms with Gasteiger partial charge in [-0.25, -0.2) is 4.68 Å². The minimum absolute atomic E-state index is 0.400. The average molecular weight is 290 g/mol. The largest absolute Gasteiger partial charge is 0.366 e. The Morgan fingerprint density at radius 3 is 2.75 bits per heavy atom. The van der Waals surface area contributed by atoms with Crippen molar-refractivity contribution in [1.82, 2.24) is 14.8 Å². The summed E-state index contributed by atoms with van der Waals surface area (Å²) in [5.41, 5.74) is 7.53. The van der Waals surface area contributed by atoms with E-state index in [0.29, 0.717) is 22.2 Å². The summed E-state index contributed by atoms with van der Waals surface area (Å²) >= 11 is 5.91. The number of carbonyl (C=O) groups excluding carboxylic acids is 1. The standard InChI is InChI=1S/C13H12ClN5O/c1-7-10(12(15)20)11(8-2-4-9(14)5-3-8)19-13(18-7)16-6-17-19/h2-6,11H,1H3,(H2,15,20)(H,16,17,18)/t11-/m0/s1. The predicted octanol–water partition coefficient (Wildman–Crippen LogP) is 1.71. The molecule has 0 unspecified atom stereocenters. The van der Waals surface area contributed by atoms with E-state index in [1.165, 1.54) is 6.33 Å². The third-order valence-corrected chi connectivity index (χ3v) is 3.50. The summed E-state index contributed by atoms with van der Waals surface area (Å²) < 4.78 is 1.64. The van der Waals surface area contributed by atoms with Crippen LogP contribution in [0.2, 0.25) is 5.02 Å². The number of fused-ring (bicyclic) bond motifs is 1. The summed E-state index contributed by atoms with van der Waals surface area (Å²) in [6.07, 6.45) is 1.43. The van der Waals surface area contributed by atoms with E-state index in [2.05, 4.69) is 15.4 Å². The Morgan fingerprint density at radius 2 is 2.10 bits per heavy atom. The molecule has 0 saturated heterocycles. The number of aromatic nitrogens is 3. The molecule has 102 valence electrons. The van der Waals surface area contributed by atoms with Gasteiger partial charge in [0.05, 0.1) is 5.57 Å². The zero-order valence-electron chi connectivity index (χ0n) is 10.7. The first-order valence-electron chi connectivity index (χ1n) is 6.00. The number of rotatable bonds is 2. The van der Waals surface area contributed by atoms with Gasteiger partial charge >= 0.3 is 0 Å². The second-order valence-electron chi connectivity index (χ2n) is 4.51. The maximum atomic E-state index is 11.8. The van der Waals surface area contributed by atoms with Gasteiger partial charge in [-0.3, -0.25) is 4.79 Å². The summed E-state index contributed by atoms with van der Waals surface area (Å²) in [6.45, 7) is 1.79. The molecule has 3 N–H and O–H groups in total. The van der Waals surface area contributed by atoms with Crippen LogP contribution in [0.3, 0.4) is 0 Å². The number of benzene rings is 1. The van der Waals surface area contributed by atoms with Crippen molar-refractivity contribution in [3.05, 3.63) is 52.4 Å². The first kappa shape index (κ1) is 12.7. The first-order valence-corrected chi connectivity index (χ1v) is 6.38. The number of carbonyl (C=O) groups is 1. The lowest BCUT2D eigenvalue weighted by Gasteiger charge is -2.27. The topological polar surface area (TPSA) is 85.8 Å². The molecule has 1 aromatic carbocycles. The van der Waals surface area contributed by atoms with Crippen molar-refractivity contribution in [3.8, 4) is 0 Å². The third-order valence-electron chi connectivity index (χ3n) is 3.25. The van der Waals surface area contributed by atoms with Gasteiger partial charge in [-0.1, -0.05) is 23.7 Å². The molecule has 6 nitrogen and oxygen atoms in total. The Balaban J connectivity index is 2.19. The smallest absolute Gasteiger partial charge is 0.248 e. The highest BCUT2D eigenvalue weighted by molar-refractivity contribution is 6.30. The van der Waals surface area contributed by atoms with Crippen molar-refractivity contribution >= 4 is 23.5 Å². The van der Waals surface area contributed by atoms with E-state index in [0.717, 1.165) is 5.56 Å². The summed E-state index contributed by atoms with van der Waals surface area (Å²) in [5.74, 6) is 0.0866. The fourth-order valence-corrected chi connectivity index (χ4v) is 2.49. The zero-order valence-corrected chi connectivity index (χ0v) is 11.4. The minimum Gasteiger partial charge on any atom is -0.366 e. The van der Waals surface area contributed by atoms with Crippen molar-refractivity contribution in [2.75, 3.05) is 5.32 Å². The summed E-state index contributed by atoms with van der Waals surface area (Å²) in [6, 6.07) is 6.83. The van der Waals surface area contributed by atoms with E-state index in [1.54, 1.807) is 23.7 Å². The number of nitrogens with zero attached hydrogens (tertiary/aromatic N) is 3. The molecule has 1 aromatic heterocycles. The molecule has 0 fully saturated rings. The number of anilines is 1. The molecule has 1 amide bonds. The quantitative estimate of drug-likeness (QED) is 0.881. The third kappa shape index (κ3) is 1.94. The maximum absolute atomic E-state index is 11.8. The van der Waals surface area contributed by atoms with Gasteiger partial charge in [0.15, 0.2) is 0 Å². The van der Waals surface area contributed by atoms with Crippen molar-refractivity contribution in [3.63, 3.8) is 0 Å². The molecule has 2 aromatic rings. The Bertz CT molecular complexity index is 704. The van der Waals surface area contributed by atoms with Crippen LogP contribution in [0.5, 0.6) is 0 Å². The van der Waals surface area contributed by atoms with Crippen molar-refractivity contribution in [1.29, 1.82) is 0 Å². The minimum atomic E-state index is -0.490. The van der Waals surface area contributed by atoms with Gasteiger partial charge < -0.3 is 11.1 Å². The molecule has 1 aliphatic heterocycles. The molecule has 0 saturated carbocycles. The molecule has 1 atom stereocenters. The van der Waals surface area contributed by atoms with Crippen LogP contribution in [0.25, 0.3) is 0 Å². The first-order chi connectivity index (χ1) is 9.58. The summed E-state index contributed by atoms with van der Waals surface area (Å²) in [5, 5.41) is 7.82. The predicted molar refractivity (Wildman–Crippen MR) is 75.1 cm³/mol. The number of nitrogens with two attached hydrogens (primary N) is 1. The molecule has 20 heavy (non-hydrogen) atoms. The maximum Gasteiger partial charge on any atom is 0.248 e. The number of amides is 1. The van der Waals surface area contributed by atoms with Crippen LogP contribution < -0.4 is 11.1 Å². The van der Waals surface area contributed by atoms with Crippen molar-refractivity contribution < 1.29 is 4.79 Å². The molecule has 0 aliphatic carbocycles. The molecule has 7 heteroatoms. The lowest BCUT2D eigenvalue weighted by Crippen LogP contribution is -2.31. The fourth-order valence-electron chi connectivity index (χ4n) is 2.36. The second-order valence-corrected chi connectivity index (χ2v) is 4.95. The molecule has 0 spiro atoms. The number of allylic oxidation sites excluding steroid dienone is 1. The fraction of sp³-hybridized carbons (Fsp3) is 0.154. The Morgan fingerprint density at radius 1 is 1.40 bits per heavy atom. The van der Waals surface area contributed by atoms with Crippen LogP contribution >= 0.6 is 11.6 Å². The average Bonchev–Trinajstić information content (AvgIpc) is 2.85. The number of hydrogen-bond donors (Lipinski definition) is 2. The molecular weight excluding hydrogens is 278 g/mol. The molecule has 3 rings (SSSR count). The van der Waals surface area contributed by atoms with Crippen LogP contribution in [0.15, 0.2) is 41.9 Å². The van der Waals surface area contributed by atoms with Crippen molar-refractivity contribution in [2.24, 2.45) is 5.73 Å². The summed E-state index contributed by atoms with van der Waals surface area (Å²) in [7, 11) is 0. The van der Waals surface area contributed by atoms with E-state index in [9.17, 15) is 4.79 Å². The van der Waals surface area contributed by atoms with Gasteiger partial charge in [0.2, 0.25) is 11.9 Å². The van der Waals surface area contributed by atoms with E-state index in [-0.39, 0.29) is 0 Å². The Labute approximate surface area is 120 Å². The molecule has 0 bridgehead atoms. The highest BCUT2D eigenvalue weighted by Gasteiger charge is 2.31. The molecule has 2 heterocycles. The van der Waals surface area contributed by atoms with Crippen LogP contribution in [-0.4, -0.2) is 20.7 Å². The Kier molecular flexibility index (Phi) is 2.94. The number of hydrogen-bond acceptors (Lipinski definition) is 4. The van der Waals surface area contributed by atoms with Gasteiger partial charge in [-0.05, 0) is 24.6 Å². The normalized spacial score (nSPS) is 17.6. The lowest BCUT2D eigenvalue weighted by atomic mass is 9.95. The van der Waals surface area contributed by atoms with Crippen LogP contribution in [0.1, 0.15) is 18.5 Å². The molecule has 0 radical (unpaired) electrons. The van der Waals surface area contributed by atoms with Gasteiger partial charge in [-0.15, -0.1) is 0 Å². The number of nitrogens with one attached hydrogen (secondary N) is 1.